The standard InChI is InChI=1S/C22H27N7O3/c1-14-11-29(2)8-4-7-23-20-19-17(22(31)28-21(19)26-13-25-20)10-24-15-5-3-6-16(9-15)32-12-18(30)27-14/h3,5-6,9-10,13-14,17H,4,7-8,11-12H2,1-2H3,(H,27,30)(H2,23,25,26,28,31)/t14-,17?/m1/s1. The van der Waals surface area contributed by atoms with E-state index in [0.29, 0.717) is 35.2 Å². The largest absolute Gasteiger partial charge is 0.484 e. The molecule has 2 aromatic rings. The number of carbonyl (C=O) groups is 2. The topological polar surface area (TPSA) is 121 Å². The second-order valence-corrected chi connectivity index (χ2v) is 8.03. The Morgan fingerprint density at radius 1 is 1.19 bits per heavy atom. The van der Waals surface area contributed by atoms with Crippen LogP contribution in [0.2, 0.25) is 0 Å². The lowest BCUT2D eigenvalue weighted by Crippen LogP contribution is -2.42. The average molecular weight is 438 g/mol. The van der Waals surface area contributed by atoms with Gasteiger partial charge in [-0.05, 0) is 39.1 Å². The van der Waals surface area contributed by atoms with Crippen LogP contribution in [0.4, 0.5) is 17.3 Å². The molecule has 3 heterocycles. The van der Waals surface area contributed by atoms with Crippen LogP contribution in [0.3, 0.4) is 0 Å². The van der Waals surface area contributed by atoms with Gasteiger partial charge in [-0.2, -0.15) is 0 Å². The number of likely N-dealkylation sites (N-methyl/N-ethyl adjacent to an activating group) is 1. The predicted molar refractivity (Wildman–Crippen MR) is 122 cm³/mol. The summed E-state index contributed by atoms with van der Waals surface area (Å²) in [6, 6.07) is 7.07. The van der Waals surface area contributed by atoms with Crippen molar-refractivity contribution in [1.29, 1.82) is 0 Å². The highest BCUT2D eigenvalue weighted by Crippen LogP contribution is 2.34. The van der Waals surface area contributed by atoms with Crippen LogP contribution in [-0.2, 0) is 9.59 Å². The zero-order chi connectivity index (χ0) is 22.5. The molecule has 1 aromatic carbocycles. The Balaban J connectivity index is 1.61. The van der Waals surface area contributed by atoms with Crippen LogP contribution < -0.4 is 20.7 Å². The summed E-state index contributed by atoms with van der Waals surface area (Å²) in [5.41, 5.74) is 1.31. The zero-order valence-electron chi connectivity index (χ0n) is 18.2. The smallest absolute Gasteiger partial charge is 0.258 e. The highest BCUT2D eigenvalue weighted by atomic mass is 16.5. The lowest BCUT2D eigenvalue weighted by molar-refractivity contribution is -0.123. The third kappa shape index (κ3) is 5.20. The molecule has 0 spiro atoms. The molecule has 4 rings (SSSR count). The van der Waals surface area contributed by atoms with E-state index in [4.69, 9.17) is 4.74 Å². The van der Waals surface area contributed by atoms with Crippen LogP contribution in [0, 0.1) is 0 Å². The molecule has 10 nitrogen and oxygen atoms in total. The summed E-state index contributed by atoms with van der Waals surface area (Å²) in [6.07, 6.45) is 3.89. The SMILES string of the molecule is C[C@@H]1CN(C)CCCNc2ncnc3c2C(C=Nc2cccc(c2)OCC(=O)N1)C(=O)N3. The Labute approximate surface area is 186 Å². The molecule has 0 saturated heterocycles. The number of aromatic nitrogens is 2. The number of nitrogens with zero attached hydrogens (tertiary/aromatic N) is 4. The highest BCUT2D eigenvalue weighted by Gasteiger charge is 2.33. The predicted octanol–water partition coefficient (Wildman–Crippen LogP) is 1.55. The molecule has 0 radical (unpaired) electrons. The Morgan fingerprint density at radius 2 is 2.03 bits per heavy atom. The fraction of sp³-hybridized carbons (Fsp3) is 0.409. The van der Waals surface area contributed by atoms with Crippen LogP contribution in [-0.4, -0.2) is 72.2 Å². The van der Waals surface area contributed by atoms with Crippen molar-refractivity contribution in [1.82, 2.24) is 20.2 Å². The normalized spacial score (nSPS) is 22.3. The molecule has 2 aliphatic heterocycles. The summed E-state index contributed by atoms with van der Waals surface area (Å²) in [5, 5.41) is 9.09. The Kier molecular flexibility index (Phi) is 6.60. The number of ether oxygens (including phenoxy) is 1. The van der Waals surface area contributed by atoms with Crippen LogP contribution in [0.1, 0.15) is 24.8 Å². The molecule has 168 valence electrons. The summed E-state index contributed by atoms with van der Waals surface area (Å²) in [5.74, 6) is 0.680. The molecular formula is C22H27N7O3. The van der Waals surface area contributed by atoms with Crippen molar-refractivity contribution < 1.29 is 14.3 Å². The summed E-state index contributed by atoms with van der Waals surface area (Å²) in [6.45, 7) is 4.13. The van der Waals surface area contributed by atoms with E-state index in [1.807, 2.05) is 14.0 Å². The van der Waals surface area contributed by atoms with E-state index >= 15 is 0 Å². The van der Waals surface area contributed by atoms with Gasteiger partial charge in [0.1, 0.15) is 29.6 Å². The van der Waals surface area contributed by atoms with Gasteiger partial charge in [-0.15, -0.1) is 0 Å². The fourth-order valence-electron chi connectivity index (χ4n) is 3.84. The minimum atomic E-state index is -0.602. The summed E-state index contributed by atoms with van der Waals surface area (Å²) < 4.78 is 5.63. The fourth-order valence-corrected chi connectivity index (χ4v) is 3.84. The minimum absolute atomic E-state index is 0.00921. The van der Waals surface area contributed by atoms with Gasteiger partial charge in [0.05, 0.1) is 11.3 Å². The molecule has 2 amide bonds. The van der Waals surface area contributed by atoms with E-state index in [9.17, 15) is 9.59 Å². The van der Waals surface area contributed by atoms with Gasteiger partial charge >= 0.3 is 0 Å². The molecule has 2 aliphatic rings. The molecule has 2 atom stereocenters. The number of carbonyl (C=O) groups excluding carboxylic acids is 2. The first kappa shape index (κ1) is 21.7. The highest BCUT2D eigenvalue weighted by molar-refractivity contribution is 6.13. The number of hydrogen-bond donors (Lipinski definition) is 3. The van der Waals surface area contributed by atoms with Gasteiger partial charge < -0.3 is 25.6 Å². The first-order chi connectivity index (χ1) is 15.5. The maximum atomic E-state index is 12.6. The van der Waals surface area contributed by atoms with Gasteiger partial charge in [-0.3, -0.25) is 14.6 Å². The molecule has 32 heavy (non-hydrogen) atoms. The third-order valence-corrected chi connectivity index (χ3v) is 5.28. The number of rotatable bonds is 0. The van der Waals surface area contributed by atoms with Gasteiger partial charge in [-0.25, -0.2) is 9.97 Å². The van der Waals surface area contributed by atoms with Crippen molar-refractivity contribution in [3.05, 3.63) is 36.2 Å². The van der Waals surface area contributed by atoms with Gasteiger partial charge in [0.25, 0.3) is 5.91 Å². The second-order valence-electron chi connectivity index (χ2n) is 8.03. The Bertz CT molecular complexity index is 1030. The number of nitrogens with one attached hydrogen (secondary N) is 3. The molecule has 0 saturated carbocycles. The van der Waals surface area contributed by atoms with Gasteiger partial charge in [0, 0.05) is 31.4 Å². The van der Waals surface area contributed by atoms with Crippen LogP contribution in [0.5, 0.6) is 5.75 Å². The maximum absolute atomic E-state index is 12.6. The maximum Gasteiger partial charge on any atom is 0.258 e. The van der Waals surface area contributed by atoms with Crippen LogP contribution >= 0.6 is 0 Å². The van der Waals surface area contributed by atoms with E-state index in [-0.39, 0.29) is 24.5 Å². The van der Waals surface area contributed by atoms with Crippen molar-refractivity contribution in [2.45, 2.75) is 25.3 Å². The molecule has 3 N–H and O–H groups in total. The molecule has 0 aliphatic carbocycles. The quantitative estimate of drug-likeness (QED) is 0.572. The van der Waals surface area contributed by atoms with E-state index in [1.165, 1.54) is 6.33 Å². The van der Waals surface area contributed by atoms with Crippen LogP contribution in [0.15, 0.2) is 35.6 Å². The lowest BCUT2D eigenvalue weighted by Gasteiger charge is -2.22. The van der Waals surface area contributed by atoms with Crippen molar-refractivity contribution in [3.63, 3.8) is 0 Å². The van der Waals surface area contributed by atoms with Crippen LogP contribution in [0.25, 0.3) is 0 Å². The number of aliphatic imine (C=N–C) groups is 1. The first-order valence-corrected chi connectivity index (χ1v) is 10.6. The third-order valence-electron chi connectivity index (χ3n) is 5.28. The number of amides is 2. The van der Waals surface area contributed by atoms with Crippen molar-refractivity contribution in [2.75, 3.05) is 43.9 Å². The second kappa shape index (κ2) is 9.73. The Hall–Kier alpha value is -3.53. The number of hydrogen-bond acceptors (Lipinski definition) is 8. The molecule has 1 aromatic heterocycles. The summed E-state index contributed by atoms with van der Waals surface area (Å²) in [7, 11) is 2.02. The summed E-state index contributed by atoms with van der Waals surface area (Å²) in [4.78, 5) is 40.0. The van der Waals surface area contributed by atoms with E-state index in [2.05, 4.69) is 35.8 Å². The Morgan fingerprint density at radius 3 is 2.91 bits per heavy atom. The van der Waals surface area contributed by atoms with Gasteiger partial charge in [0.2, 0.25) is 5.91 Å². The molecule has 1 unspecified atom stereocenters. The van der Waals surface area contributed by atoms with Crippen molar-refractivity contribution in [2.24, 2.45) is 4.99 Å². The van der Waals surface area contributed by atoms with E-state index < -0.39 is 5.92 Å². The van der Waals surface area contributed by atoms with Crippen molar-refractivity contribution >= 4 is 35.4 Å². The number of anilines is 2. The monoisotopic (exact) mass is 437 g/mol. The van der Waals surface area contributed by atoms with Gasteiger partial charge in [0.15, 0.2) is 6.61 Å². The molecular weight excluding hydrogens is 410 g/mol. The van der Waals surface area contributed by atoms with Crippen molar-refractivity contribution in [3.8, 4) is 5.75 Å². The molecule has 2 bridgehead atoms. The van der Waals surface area contributed by atoms with E-state index in [1.54, 1.807) is 30.5 Å². The summed E-state index contributed by atoms with van der Waals surface area (Å²) >= 11 is 0. The first-order valence-electron chi connectivity index (χ1n) is 10.6. The van der Waals surface area contributed by atoms with Gasteiger partial charge in [-0.1, -0.05) is 6.07 Å². The lowest BCUT2D eigenvalue weighted by atomic mass is 10.0. The number of fused-ring (bicyclic) bond motifs is 2. The molecule has 10 heteroatoms. The average Bonchev–Trinajstić information content (AvgIpc) is 3.09. The minimum Gasteiger partial charge on any atom is -0.484 e. The number of benzene rings is 1. The zero-order valence-corrected chi connectivity index (χ0v) is 18.2. The van der Waals surface area contributed by atoms with E-state index in [0.717, 1.165) is 19.5 Å². The molecule has 0 fully saturated rings.